The van der Waals surface area contributed by atoms with Crippen LogP contribution < -0.4 is 5.73 Å². The highest BCUT2D eigenvalue weighted by Crippen LogP contribution is 2.32. The van der Waals surface area contributed by atoms with Crippen LogP contribution in [-0.2, 0) is 0 Å². The average Bonchev–Trinajstić information content (AvgIpc) is 2.78. The van der Waals surface area contributed by atoms with E-state index >= 15 is 0 Å². The minimum absolute atomic E-state index is 0.437. The summed E-state index contributed by atoms with van der Waals surface area (Å²) in [5.74, 6) is 0.585. The van der Waals surface area contributed by atoms with E-state index < -0.39 is 0 Å². The first-order chi connectivity index (χ1) is 9.70. The Bertz CT molecular complexity index is 599. The smallest absolute Gasteiger partial charge is 0.201 e. The molecule has 1 fully saturated rings. The second-order valence-electron chi connectivity index (χ2n) is 5.52. The van der Waals surface area contributed by atoms with Gasteiger partial charge in [0.05, 0.1) is 10.5 Å². The van der Waals surface area contributed by atoms with Crippen molar-refractivity contribution in [1.29, 1.82) is 0 Å². The van der Waals surface area contributed by atoms with Crippen molar-refractivity contribution >= 4 is 28.6 Å². The number of benzene rings is 1. The SMILES string of the molecule is CCCN1CCC(n2c(N)nc3c(Cl)cccc32)CC1. The number of nitrogens with zero attached hydrogens (tertiary/aromatic N) is 3. The first kappa shape index (κ1) is 13.7. The molecule has 2 aromatic rings. The Kier molecular flexibility index (Phi) is 3.85. The van der Waals surface area contributed by atoms with Gasteiger partial charge >= 0.3 is 0 Å². The molecule has 2 heterocycles. The molecule has 0 saturated carbocycles. The van der Waals surface area contributed by atoms with Crippen molar-refractivity contribution in [2.45, 2.75) is 32.2 Å². The van der Waals surface area contributed by atoms with E-state index in [2.05, 4.69) is 27.4 Å². The zero-order valence-corrected chi connectivity index (χ0v) is 12.6. The van der Waals surface area contributed by atoms with Crippen molar-refractivity contribution in [3.8, 4) is 0 Å². The van der Waals surface area contributed by atoms with E-state index in [0.29, 0.717) is 17.0 Å². The maximum Gasteiger partial charge on any atom is 0.201 e. The number of piperidine rings is 1. The summed E-state index contributed by atoms with van der Waals surface area (Å²) in [5, 5.41) is 0.677. The van der Waals surface area contributed by atoms with Gasteiger partial charge in [-0.2, -0.15) is 0 Å². The molecule has 0 spiro atoms. The van der Waals surface area contributed by atoms with Crippen molar-refractivity contribution in [2.24, 2.45) is 0 Å². The van der Waals surface area contributed by atoms with Gasteiger partial charge in [0.15, 0.2) is 0 Å². The number of aromatic nitrogens is 2. The van der Waals surface area contributed by atoms with E-state index in [1.807, 2.05) is 12.1 Å². The van der Waals surface area contributed by atoms with E-state index in [-0.39, 0.29) is 0 Å². The van der Waals surface area contributed by atoms with Gasteiger partial charge in [-0.25, -0.2) is 4.98 Å². The topological polar surface area (TPSA) is 47.1 Å². The number of anilines is 1. The lowest BCUT2D eigenvalue weighted by Gasteiger charge is -2.33. The predicted octanol–water partition coefficient (Wildman–Crippen LogP) is 3.32. The number of hydrogen-bond acceptors (Lipinski definition) is 3. The van der Waals surface area contributed by atoms with Crippen LogP contribution in [0.25, 0.3) is 11.0 Å². The Morgan fingerprint density at radius 1 is 1.35 bits per heavy atom. The monoisotopic (exact) mass is 292 g/mol. The molecule has 1 aliphatic rings. The second kappa shape index (κ2) is 5.62. The molecular formula is C15H21ClN4. The Morgan fingerprint density at radius 2 is 2.10 bits per heavy atom. The number of nitrogen functional groups attached to an aromatic ring is 1. The van der Waals surface area contributed by atoms with Crippen LogP contribution in [0.4, 0.5) is 5.95 Å². The molecule has 1 aromatic heterocycles. The normalized spacial score (nSPS) is 17.9. The van der Waals surface area contributed by atoms with E-state index in [1.165, 1.54) is 13.0 Å². The Labute approximate surface area is 124 Å². The minimum Gasteiger partial charge on any atom is -0.369 e. The number of halogens is 1. The van der Waals surface area contributed by atoms with Crippen LogP contribution in [0.5, 0.6) is 0 Å². The van der Waals surface area contributed by atoms with Crippen molar-refractivity contribution in [3.05, 3.63) is 23.2 Å². The quantitative estimate of drug-likeness (QED) is 0.944. The summed E-state index contributed by atoms with van der Waals surface area (Å²) < 4.78 is 2.17. The van der Waals surface area contributed by atoms with Crippen LogP contribution in [0.1, 0.15) is 32.2 Å². The lowest BCUT2D eigenvalue weighted by atomic mass is 10.0. The molecule has 4 nitrogen and oxygen atoms in total. The van der Waals surface area contributed by atoms with Gasteiger partial charge in [0, 0.05) is 19.1 Å². The summed E-state index contributed by atoms with van der Waals surface area (Å²) in [4.78, 5) is 6.96. The maximum atomic E-state index is 6.21. The zero-order valence-electron chi connectivity index (χ0n) is 11.8. The van der Waals surface area contributed by atoms with Crippen LogP contribution in [0.2, 0.25) is 5.02 Å². The Balaban J connectivity index is 1.88. The number of hydrogen-bond donors (Lipinski definition) is 1. The van der Waals surface area contributed by atoms with Gasteiger partial charge in [-0.3, -0.25) is 0 Å². The van der Waals surface area contributed by atoms with Crippen LogP contribution >= 0.6 is 11.6 Å². The summed E-state index contributed by atoms with van der Waals surface area (Å²) >= 11 is 6.21. The number of likely N-dealkylation sites (tertiary alicyclic amines) is 1. The molecule has 1 aliphatic heterocycles. The molecule has 5 heteroatoms. The van der Waals surface area contributed by atoms with Gasteiger partial charge in [-0.15, -0.1) is 0 Å². The summed E-state index contributed by atoms with van der Waals surface area (Å²) in [6.07, 6.45) is 3.47. The molecule has 3 rings (SSSR count). The van der Waals surface area contributed by atoms with Crippen LogP contribution in [0.15, 0.2) is 18.2 Å². The van der Waals surface area contributed by atoms with Gasteiger partial charge < -0.3 is 15.2 Å². The fraction of sp³-hybridized carbons (Fsp3) is 0.533. The molecule has 0 atom stereocenters. The molecule has 1 aromatic carbocycles. The molecule has 20 heavy (non-hydrogen) atoms. The molecule has 0 amide bonds. The second-order valence-corrected chi connectivity index (χ2v) is 5.93. The van der Waals surface area contributed by atoms with Crippen LogP contribution in [0.3, 0.4) is 0 Å². The number of imidazole rings is 1. The number of nitrogens with two attached hydrogens (primary N) is 1. The maximum absolute atomic E-state index is 6.21. The van der Waals surface area contributed by atoms with Crippen LogP contribution in [-0.4, -0.2) is 34.1 Å². The standard InChI is InChI=1S/C15H21ClN4/c1-2-8-19-9-6-11(7-10-19)20-13-5-3-4-12(16)14(13)18-15(20)17/h3-5,11H,2,6-10H2,1H3,(H2,17,18). The van der Waals surface area contributed by atoms with Crippen molar-refractivity contribution in [2.75, 3.05) is 25.4 Å². The van der Waals surface area contributed by atoms with Gasteiger partial charge in [0.2, 0.25) is 5.95 Å². The zero-order chi connectivity index (χ0) is 14.1. The fourth-order valence-electron chi connectivity index (χ4n) is 3.20. The van der Waals surface area contributed by atoms with Crippen molar-refractivity contribution in [3.63, 3.8) is 0 Å². The largest absolute Gasteiger partial charge is 0.369 e. The molecule has 108 valence electrons. The van der Waals surface area contributed by atoms with Gasteiger partial charge in [0.1, 0.15) is 5.52 Å². The van der Waals surface area contributed by atoms with E-state index in [1.54, 1.807) is 0 Å². The summed E-state index contributed by atoms with van der Waals surface area (Å²) in [6, 6.07) is 6.33. The van der Waals surface area contributed by atoms with Crippen molar-refractivity contribution in [1.82, 2.24) is 14.5 Å². The van der Waals surface area contributed by atoms with Crippen molar-refractivity contribution < 1.29 is 0 Å². The molecule has 0 radical (unpaired) electrons. The van der Waals surface area contributed by atoms with Gasteiger partial charge in [0.25, 0.3) is 0 Å². The highest BCUT2D eigenvalue weighted by atomic mass is 35.5. The lowest BCUT2D eigenvalue weighted by molar-refractivity contribution is 0.189. The third-order valence-corrected chi connectivity index (χ3v) is 4.47. The number of rotatable bonds is 3. The summed E-state index contributed by atoms with van der Waals surface area (Å²) in [7, 11) is 0. The van der Waals surface area contributed by atoms with E-state index in [4.69, 9.17) is 17.3 Å². The van der Waals surface area contributed by atoms with E-state index in [9.17, 15) is 0 Å². The summed E-state index contributed by atoms with van der Waals surface area (Å²) in [5.41, 5.74) is 8.01. The predicted molar refractivity (Wildman–Crippen MR) is 84.2 cm³/mol. The average molecular weight is 293 g/mol. The first-order valence-corrected chi connectivity index (χ1v) is 7.72. The third kappa shape index (κ3) is 2.38. The van der Waals surface area contributed by atoms with Gasteiger partial charge in [-0.1, -0.05) is 24.6 Å². The lowest BCUT2D eigenvalue weighted by Crippen LogP contribution is -2.35. The highest BCUT2D eigenvalue weighted by Gasteiger charge is 2.23. The van der Waals surface area contributed by atoms with Gasteiger partial charge in [-0.05, 0) is 37.9 Å². The minimum atomic E-state index is 0.437. The highest BCUT2D eigenvalue weighted by molar-refractivity contribution is 6.35. The van der Waals surface area contributed by atoms with E-state index in [0.717, 1.165) is 37.0 Å². The molecular weight excluding hydrogens is 272 g/mol. The molecule has 1 saturated heterocycles. The number of fused-ring (bicyclic) bond motifs is 1. The number of para-hydroxylation sites is 1. The molecule has 0 bridgehead atoms. The van der Waals surface area contributed by atoms with Crippen LogP contribution in [0, 0.1) is 0 Å². The first-order valence-electron chi connectivity index (χ1n) is 7.35. The molecule has 2 N–H and O–H groups in total. The Morgan fingerprint density at radius 3 is 2.80 bits per heavy atom. The molecule has 0 aliphatic carbocycles. The Hall–Kier alpha value is -1.26. The summed E-state index contributed by atoms with van der Waals surface area (Å²) in [6.45, 7) is 5.70. The fourth-order valence-corrected chi connectivity index (χ4v) is 3.41. The third-order valence-electron chi connectivity index (χ3n) is 4.16. The molecule has 0 unspecified atom stereocenters.